The molecular weight excluding hydrogens is 888 g/mol. The van der Waals surface area contributed by atoms with Crippen molar-refractivity contribution in [2.75, 3.05) is 26.3 Å². The van der Waals surface area contributed by atoms with Crippen LogP contribution in [0.4, 0.5) is 0 Å². The molecule has 304 valence electrons. The summed E-state index contributed by atoms with van der Waals surface area (Å²) in [6.07, 6.45) is -1.05. The first-order valence-electron chi connectivity index (χ1n) is 19.3. The molecule has 6 unspecified atom stereocenters. The summed E-state index contributed by atoms with van der Waals surface area (Å²) >= 11 is 6.95. The third kappa shape index (κ3) is 7.72. The van der Waals surface area contributed by atoms with Crippen LogP contribution in [0.1, 0.15) is 34.3 Å². The molecule has 0 saturated carbocycles. The van der Waals surface area contributed by atoms with E-state index in [-0.39, 0.29) is 50.3 Å². The van der Waals surface area contributed by atoms with Gasteiger partial charge in [0, 0.05) is 40.4 Å². The average Bonchev–Trinajstić information content (AvgIpc) is 4.02. The molecular formula is C44H40Br2N4O9. The van der Waals surface area contributed by atoms with Crippen LogP contribution in [0, 0.1) is 0 Å². The van der Waals surface area contributed by atoms with E-state index < -0.39 is 71.9 Å². The maximum absolute atomic E-state index is 15.5. The maximum atomic E-state index is 15.5. The number of Topliss-reactive ketones (excluding diaryl/α,β-unsaturated/α-hetero) is 2. The first-order chi connectivity index (χ1) is 28.4. The van der Waals surface area contributed by atoms with E-state index in [2.05, 4.69) is 31.9 Å². The van der Waals surface area contributed by atoms with E-state index in [1.54, 1.807) is 60.7 Å². The Hall–Kier alpha value is -5.22. The second-order valence-corrected chi connectivity index (χ2v) is 16.9. The molecule has 4 heterocycles. The Labute approximate surface area is 357 Å². The smallest absolute Gasteiger partial charge is 0.255 e. The number of rotatable bonds is 12. The number of likely N-dealkylation sites (tertiary alicyclic amines) is 2. The summed E-state index contributed by atoms with van der Waals surface area (Å²) in [5.41, 5.74) is 5.33. The van der Waals surface area contributed by atoms with Gasteiger partial charge >= 0.3 is 0 Å². The van der Waals surface area contributed by atoms with Gasteiger partial charge in [0.05, 0.1) is 12.2 Å². The summed E-state index contributed by atoms with van der Waals surface area (Å²) in [6.45, 7) is -0.411. The van der Waals surface area contributed by atoms with E-state index in [0.717, 1.165) is 13.8 Å². The first kappa shape index (κ1) is 40.6. The number of ether oxygens (including phenoxy) is 3. The van der Waals surface area contributed by atoms with Gasteiger partial charge in [-0.15, -0.1) is 0 Å². The molecule has 0 aromatic heterocycles. The van der Waals surface area contributed by atoms with Gasteiger partial charge in [0.2, 0.25) is 17.4 Å². The molecule has 4 aliphatic rings. The number of benzene rings is 4. The van der Waals surface area contributed by atoms with Gasteiger partial charge < -0.3 is 34.6 Å². The Bertz CT molecular complexity index is 2280. The molecule has 4 saturated heterocycles. The van der Waals surface area contributed by atoms with Gasteiger partial charge in [0.25, 0.3) is 11.8 Å². The summed E-state index contributed by atoms with van der Waals surface area (Å²) in [7, 11) is 0. The predicted molar refractivity (Wildman–Crippen MR) is 220 cm³/mol. The highest BCUT2D eigenvalue weighted by atomic mass is 79.9. The van der Waals surface area contributed by atoms with E-state index in [1.165, 1.54) is 9.80 Å². The van der Waals surface area contributed by atoms with Crippen molar-refractivity contribution in [2.45, 2.75) is 61.6 Å². The normalized spacial score (nSPS) is 23.1. The summed E-state index contributed by atoms with van der Waals surface area (Å²) < 4.78 is 19.0. The molecule has 0 aliphatic carbocycles. The van der Waals surface area contributed by atoms with Gasteiger partial charge in [-0.1, -0.05) is 74.3 Å². The molecule has 4 fully saturated rings. The number of hydrogen-bond donors (Lipinski definition) is 1. The number of fused-ring (bicyclic) bond motifs is 2. The van der Waals surface area contributed by atoms with Crippen LogP contribution in [0.5, 0.6) is 11.5 Å². The SMILES string of the molecule is NC(=O)C12C(=O)COC1CCN2C(=O)C(Cc1ccc(Br)cc1)N(C(=O)c1ccc(Oc2ccccc2)cc1)C(Cc1ccc(Br)cc1)C(=O)N1CCC2OCC(=O)C21. The average molecular weight is 929 g/mol. The van der Waals surface area contributed by atoms with Crippen molar-refractivity contribution in [3.05, 3.63) is 129 Å². The number of nitrogens with zero attached hydrogens (tertiary/aromatic N) is 3. The lowest BCUT2D eigenvalue weighted by Gasteiger charge is -2.42. The highest BCUT2D eigenvalue weighted by molar-refractivity contribution is 9.10. The van der Waals surface area contributed by atoms with Gasteiger partial charge in [0.15, 0.2) is 11.6 Å². The Kier molecular flexibility index (Phi) is 11.5. The van der Waals surface area contributed by atoms with Crippen molar-refractivity contribution < 1.29 is 43.0 Å². The molecule has 4 aromatic carbocycles. The van der Waals surface area contributed by atoms with Gasteiger partial charge in [-0.3, -0.25) is 28.8 Å². The van der Waals surface area contributed by atoms with E-state index in [0.29, 0.717) is 29.0 Å². The van der Waals surface area contributed by atoms with E-state index >= 15 is 14.4 Å². The lowest BCUT2D eigenvalue weighted by atomic mass is 9.88. The Morgan fingerprint density at radius 2 is 1.34 bits per heavy atom. The number of halogens is 2. The Morgan fingerprint density at radius 1 is 0.746 bits per heavy atom. The lowest BCUT2D eigenvalue weighted by Crippen LogP contribution is -2.68. The number of nitrogens with two attached hydrogens (primary N) is 1. The van der Waals surface area contributed by atoms with E-state index in [1.807, 2.05) is 42.5 Å². The minimum Gasteiger partial charge on any atom is -0.457 e. The fourth-order valence-corrected chi connectivity index (χ4v) is 9.32. The van der Waals surface area contributed by atoms with E-state index in [4.69, 9.17) is 19.9 Å². The minimum absolute atomic E-state index is 0.0499. The van der Waals surface area contributed by atoms with Gasteiger partial charge in [0.1, 0.15) is 42.8 Å². The first-order valence-corrected chi connectivity index (χ1v) is 20.9. The number of amides is 4. The van der Waals surface area contributed by atoms with Crippen molar-refractivity contribution in [1.29, 1.82) is 0 Å². The number of carbonyl (C=O) groups excluding carboxylic acids is 6. The fraction of sp³-hybridized carbons (Fsp3) is 0.318. The highest BCUT2D eigenvalue weighted by Gasteiger charge is 2.65. The molecule has 0 radical (unpaired) electrons. The zero-order valence-corrected chi connectivity index (χ0v) is 34.9. The molecule has 2 N–H and O–H groups in total. The largest absolute Gasteiger partial charge is 0.457 e. The standard InChI is InChI=1S/C44H40Br2N4O9/c45-29-12-6-26(7-13-29)22-33(41(54)48-20-18-36-39(48)35(51)24-57-36)50(40(53)28-10-16-32(17-11-28)59-31-4-2-1-3-5-31)34(23-27-8-14-30(46)15-9-27)42(55)49-21-19-38-44(49,43(47)56)37(52)25-58-38/h1-17,33-34,36,38-39H,18-25H2,(H2,47,56). The zero-order chi connectivity index (χ0) is 41.4. The third-order valence-electron chi connectivity index (χ3n) is 11.6. The van der Waals surface area contributed by atoms with Crippen LogP contribution in [0.3, 0.4) is 0 Å². The zero-order valence-electron chi connectivity index (χ0n) is 31.7. The molecule has 4 aliphatic heterocycles. The highest BCUT2D eigenvalue weighted by Crippen LogP contribution is 2.40. The van der Waals surface area contributed by atoms with Gasteiger partial charge in [-0.05, 0) is 84.6 Å². The van der Waals surface area contributed by atoms with Crippen molar-refractivity contribution in [3.63, 3.8) is 0 Å². The molecule has 59 heavy (non-hydrogen) atoms. The number of carbonyl (C=O) groups is 6. The summed E-state index contributed by atoms with van der Waals surface area (Å²) in [6, 6.07) is 26.2. The number of primary amides is 1. The van der Waals surface area contributed by atoms with Crippen molar-refractivity contribution in [2.24, 2.45) is 5.73 Å². The third-order valence-corrected chi connectivity index (χ3v) is 12.7. The Balaban J connectivity index is 1.28. The summed E-state index contributed by atoms with van der Waals surface area (Å²) in [5.74, 6) is -2.88. The van der Waals surface area contributed by atoms with Crippen LogP contribution < -0.4 is 10.5 Å². The molecule has 0 spiro atoms. The van der Waals surface area contributed by atoms with Crippen molar-refractivity contribution in [1.82, 2.24) is 14.7 Å². The van der Waals surface area contributed by atoms with Crippen LogP contribution in [0.25, 0.3) is 0 Å². The number of ketones is 2. The predicted octanol–water partition coefficient (Wildman–Crippen LogP) is 4.66. The molecule has 4 amide bonds. The number of hydrogen-bond acceptors (Lipinski definition) is 9. The fourth-order valence-electron chi connectivity index (χ4n) is 8.79. The van der Waals surface area contributed by atoms with Crippen LogP contribution in [0.2, 0.25) is 0 Å². The molecule has 13 nitrogen and oxygen atoms in total. The van der Waals surface area contributed by atoms with E-state index in [9.17, 15) is 14.4 Å². The summed E-state index contributed by atoms with van der Waals surface area (Å²) in [5, 5.41) is 0. The Morgan fingerprint density at radius 3 is 1.95 bits per heavy atom. The van der Waals surface area contributed by atoms with Crippen molar-refractivity contribution >= 4 is 67.1 Å². The molecule has 8 rings (SSSR count). The van der Waals surface area contributed by atoms with Gasteiger partial charge in [-0.25, -0.2) is 0 Å². The van der Waals surface area contributed by atoms with Crippen molar-refractivity contribution in [3.8, 4) is 11.5 Å². The van der Waals surface area contributed by atoms with Crippen LogP contribution in [0.15, 0.2) is 112 Å². The molecule has 6 atom stereocenters. The second-order valence-electron chi connectivity index (χ2n) is 15.1. The quantitative estimate of drug-likeness (QED) is 0.199. The summed E-state index contributed by atoms with van der Waals surface area (Å²) in [4.78, 5) is 90.4. The van der Waals surface area contributed by atoms with Gasteiger partial charge in [-0.2, -0.15) is 0 Å². The van der Waals surface area contributed by atoms with Crippen LogP contribution in [-0.4, -0.2) is 112 Å². The topological polar surface area (TPSA) is 166 Å². The maximum Gasteiger partial charge on any atom is 0.255 e. The molecule has 4 aromatic rings. The van der Waals surface area contributed by atoms with Crippen LogP contribution >= 0.6 is 31.9 Å². The molecule has 15 heteroatoms. The van der Waals surface area contributed by atoms with Crippen LogP contribution in [-0.2, 0) is 46.3 Å². The molecule has 0 bridgehead atoms. The minimum atomic E-state index is -2.10. The second kappa shape index (κ2) is 16.8. The lowest BCUT2D eigenvalue weighted by molar-refractivity contribution is -0.154. The monoisotopic (exact) mass is 926 g/mol. The number of para-hydroxylation sites is 1.